The molecule has 3 unspecified atom stereocenters. The number of para-hydroxylation sites is 1. The standard InChI is InChI=1S/C27H33N5O3.ClH/c1-4-21(33)32-15-14-27(24(28)34,17-10-6-5-7-11-17)22(23(32)31-25(35)26(2,3)29)19-16-30-20-13-9-8-12-18(19)20;/h5-13,16,22-23,30H,4,14-15,29H2,1-3H3,(H2,28,34)(H,31,35);1H. The van der Waals surface area contributed by atoms with Gasteiger partial charge in [0, 0.05) is 36.0 Å². The van der Waals surface area contributed by atoms with Crippen LogP contribution in [0.4, 0.5) is 0 Å². The van der Waals surface area contributed by atoms with Gasteiger partial charge in [-0.15, -0.1) is 12.4 Å². The number of H-pyrrole nitrogens is 1. The Bertz CT molecular complexity index is 1250. The van der Waals surface area contributed by atoms with Crippen LogP contribution in [0.3, 0.4) is 0 Å². The van der Waals surface area contributed by atoms with Crippen molar-refractivity contribution < 1.29 is 14.4 Å². The molecule has 1 saturated heterocycles. The molecule has 0 saturated carbocycles. The fourth-order valence-corrected chi connectivity index (χ4v) is 5.27. The maximum Gasteiger partial charge on any atom is 0.241 e. The number of carbonyl (C=O) groups excluding carboxylic acids is 3. The summed E-state index contributed by atoms with van der Waals surface area (Å²) in [6, 6.07) is 17.1. The highest BCUT2D eigenvalue weighted by Crippen LogP contribution is 2.49. The van der Waals surface area contributed by atoms with Crippen LogP contribution in [0.5, 0.6) is 0 Å². The number of amides is 3. The molecule has 0 bridgehead atoms. The Kier molecular flexibility index (Phi) is 7.81. The number of nitrogens with two attached hydrogens (primary N) is 2. The van der Waals surface area contributed by atoms with Crippen molar-refractivity contribution in [3.8, 4) is 0 Å². The first-order valence-corrected chi connectivity index (χ1v) is 11.9. The first-order chi connectivity index (χ1) is 16.6. The lowest BCUT2D eigenvalue weighted by Gasteiger charge is -2.52. The summed E-state index contributed by atoms with van der Waals surface area (Å²) in [5.74, 6) is -1.71. The minimum absolute atomic E-state index is 0. The van der Waals surface area contributed by atoms with E-state index in [1.54, 1.807) is 25.7 Å². The lowest BCUT2D eigenvalue weighted by molar-refractivity contribution is -0.144. The molecule has 0 spiro atoms. The topological polar surface area (TPSA) is 134 Å². The number of rotatable bonds is 6. The van der Waals surface area contributed by atoms with Crippen LogP contribution in [0.2, 0.25) is 0 Å². The van der Waals surface area contributed by atoms with E-state index in [1.165, 1.54) is 0 Å². The number of aromatic nitrogens is 1. The van der Waals surface area contributed by atoms with Crippen molar-refractivity contribution in [2.75, 3.05) is 6.54 Å². The number of benzene rings is 2. The quantitative estimate of drug-likeness (QED) is 0.404. The normalized spacial score (nSPS) is 22.1. The number of aromatic amines is 1. The number of likely N-dealkylation sites (tertiary alicyclic amines) is 1. The zero-order valence-electron chi connectivity index (χ0n) is 20.8. The summed E-state index contributed by atoms with van der Waals surface area (Å²) in [4.78, 5) is 44.7. The van der Waals surface area contributed by atoms with Gasteiger partial charge in [0.1, 0.15) is 6.17 Å². The Labute approximate surface area is 217 Å². The predicted molar refractivity (Wildman–Crippen MR) is 142 cm³/mol. The first-order valence-electron chi connectivity index (χ1n) is 11.9. The van der Waals surface area contributed by atoms with E-state index in [4.69, 9.17) is 11.5 Å². The molecule has 1 aliphatic rings. The van der Waals surface area contributed by atoms with Gasteiger partial charge in [-0.3, -0.25) is 14.4 Å². The molecule has 1 fully saturated rings. The zero-order valence-corrected chi connectivity index (χ0v) is 21.6. The maximum absolute atomic E-state index is 13.5. The average Bonchev–Trinajstić information content (AvgIpc) is 3.26. The van der Waals surface area contributed by atoms with Crippen LogP contribution in [0.15, 0.2) is 60.8 Å². The Morgan fingerprint density at radius 1 is 1.11 bits per heavy atom. The molecular formula is C27H34ClN5O3. The second-order valence-electron chi connectivity index (χ2n) is 9.80. The molecular weight excluding hydrogens is 478 g/mol. The minimum Gasteiger partial charge on any atom is -0.369 e. The van der Waals surface area contributed by atoms with Crippen molar-refractivity contribution >= 4 is 41.0 Å². The second kappa shape index (κ2) is 10.3. The number of hydrogen-bond donors (Lipinski definition) is 4. The summed E-state index contributed by atoms with van der Waals surface area (Å²) in [5, 5.41) is 3.93. The van der Waals surface area contributed by atoms with Gasteiger partial charge in [0.15, 0.2) is 0 Å². The summed E-state index contributed by atoms with van der Waals surface area (Å²) in [6.45, 7) is 5.26. The van der Waals surface area contributed by atoms with Gasteiger partial charge in [0.2, 0.25) is 17.7 Å². The Hall–Kier alpha value is -3.36. The van der Waals surface area contributed by atoms with Gasteiger partial charge in [0.25, 0.3) is 0 Å². The van der Waals surface area contributed by atoms with Crippen molar-refractivity contribution in [3.05, 3.63) is 71.9 Å². The van der Waals surface area contributed by atoms with Crippen molar-refractivity contribution in [1.29, 1.82) is 0 Å². The summed E-state index contributed by atoms with van der Waals surface area (Å²) in [7, 11) is 0. The Balaban J connectivity index is 0.00000361. The monoisotopic (exact) mass is 511 g/mol. The van der Waals surface area contributed by atoms with Gasteiger partial charge in [0.05, 0.1) is 11.0 Å². The van der Waals surface area contributed by atoms with E-state index in [-0.39, 0.29) is 31.3 Å². The second-order valence-corrected chi connectivity index (χ2v) is 9.80. The third kappa shape index (κ3) is 4.58. The van der Waals surface area contributed by atoms with Crippen LogP contribution in [0, 0.1) is 0 Å². The van der Waals surface area contributed by atoms with Gasteiger partial charge >= 0.3 is 0 Å². The van der Waals surface area contributed by atoms with Crippen LogP contribution in [-0.2, 0) is 19.8 Å². The van der Waals surface area contributed by atoms with E-state index < -0.39 is 34.9 Å². The molecule has 1 aliphatic heterocycles. The molecule has 9 heteroatoms. The lowest BCUT2D eigenvalue weighted by Crippen LogP contribution is -2.67. The number of nitrogens with one attached hydrogen (secondary N) is 2. The molecule has 0 aliphatic carbocycles. The molecule has 2 heterocycles. The molecule has 3 aromatic rings. The fraction of sp³-hybridized carbons (Fsp3) is 0.370. The van der Waals surface area contributed by atoms with Crippen LogP contribution >= 0.6 is 12.4 Å². The van der Waals surface area contributed by atoms with E-state index in [0.717, 1.165) is 22.0 Å². The fourth-order valence-electron chi connectivity index (χ4n) is 5.27. The number of hydrogen-bond acceptors (Lipinski definition) is 4. The molecule has 3 atom stereocenters. The number of primary amides is 1. The molecule has 1 aromatic heterocycles. The van der Waals surface area contributed by atoms with E-state index >= 15 is 0 Å². The van der Waals surface area contributed by atoms with E-state index in [9.17, 15) is 14.4 Å². The Morgan fingerprint density at radius 3 is 2.36 bits per heavy atom. The highest BCUT2D eigenvalue weighted by Gasteiger charge is 2.56. The third-order valence-electron chi connectivity index (χ3n) is 7.10. The molecule has 192 valence electrons. The number of halogens is 1. The zero-order chi connectivity index (χ0) is 25.4. The van der Waals surface area contributed by atoms with Crippen molar-refractivity contribution in [2.45, 2.75) is 56.7 Å². The summed E-state index contributed by atoms with van der Waals surface area (Å²) < 4.78 is 0. The number of fused-ring (bicyclic) bond motifs is 1. The third-order valence-corrected chi connectivity index (χ3v) is 7.10. The summed E-state index contributed by atoms with van der Waals surface area (Å²) in [6.07, 6.45) is 1.59. The van der Waals surface area contributed by atoms with Gasteiger partial charge < -0.3 is 26.7 Å². The van der Waals surface area contributed by atoms with Crippen LogP contribution in [0.1, 0.15) is 50.7 Å². The molecule has 36 heavy (non-hydrogen) atoms. The smallest absolute Gasteiger partial charge is 0.241 e. The summed E-state index contributed by atoms with van der Waals surface area (Å²) >= 11 is 0. The lowest BCUT2D eigenvalue weighted by atomic mass is 9.61. The Morgan fingerprint density at radius 2 is 1.75 bits per heavy atom. The molecule has 3 amide bonds. The van der Waals surface area contributed by atoms with Crippen LogP contribution in [-0.4, -0.2) is 45.9 Å². The minimum atomic E-state index is -1.19. The first kappa shape index (κ1) is 27.2. The van der Waals surface area contributed by atoms with Gasteiger partial charge in [-0.2, -0.15) is 0 Å². The van der Waals surface area contributed by atoms with Gasteiger partial charge in [-0.1, -0.05) is 55.5 Å². The van der Waals surface area contributed by atoms with E-state index in [2.05, 4.69) is 10.3 Å². The highest BCUT2D eigenvalue weighted by atomic mass is 35.5. The van der Waals surface area contributed by atoms with Crippen LogP contribution < -0.4 is 16.8 Å². The van der Waals surface area contributed by atoms with E-state index in [0.29, 0.717) is 6.42 Å². The van der Waals surface area contributed by atoms with Gasteiger partial charge in [-0.25, -0.2) is 0 Å². The molecule has 4 rings (SSSR count). The largest absolute Gasteiger partial charge is 0.369 e. The molecule has 8 nitrogen and oxygen atoms in total. The maximum atomic E-state index is 13.5. The van der Waals surface area contributed by atoms with E-state index in [1.807, 2.05) is 60.8 Å². The SMILES string of the molecule is CCC(=O)N1CCC(C(N)=O)(c2ccccc2)C(c2c[nH]c3ccccc23)C1NC(=O)C(C)(C)N.Cl. The predicted octanol–water partition coefficient (Wildman–Crippen LogP) is 2.92. The van der Waals surface area contributed by atoms with Gasteiger partial charge in [-0.05, 0) is 37.5 Å². The molecule has 6 N–H and O–H groups in total. The number of carbonyl (C=O) groups is 3. The van der Waals surface area contributed by atoms with Crippen molar-refractivity contribution in [1.82, 2.24) is 15.2 Å². The molecule has 0 radical (unpaired) electrons. The highest BCUT2D eigenvalue weighted by molar-refractivity contribution is 5.93. The summed E-state index contributed by atoms with van der Waals surface area (Å²) in [5.41, 5.74) is 12.4. The number of piperidine rings is 1. The van der Waals surface area contributed by atoms with Crippen molar-refractivity contribution in [3.63, 3.8) is 0 Å². The average molecular weight is 512 g/mol. The number of nitrogens with zero attached hydrogens (tertiary/aromatic N) is 1. The van der Waals surface area contributed by atoms with Crippen LogP contribution in [0.25, 0.3) is 10.9 Å². The molecule has 2 aromatic carbocycles. The van der Waals surface area contributed by atoms with Crippen molar-refractivity contribution in [2.24, 2.45) is 11.5 Å².